The quantitative estimate of drug-likeness (QED) is 0.828. The van der Waals surface area contributed by atoms with Gasteiger partial charge in [0.05, 0.1) is 5.69 Å². The molecule has 1 aromatic heterocycles. The highest BCUT2D eigenvalue weighted by Crippen LogP contribution is 2.15. The fourth-order valence-corrected chi connectivity index (χ4v) is 2.31. The Morgan fingerprint density at radius 1 is 1.53 bits per heavy atom. The van der Waals surface area contributed by atoms with Crippen molar-refractivity contribution in [2.75, 3.05) is 20.1 Å². The molecule has 1 aromatic rings. The molecule has 1 saturated heterocycles. The van der Waals surface area contributed by atoms with E-state index in [1.54, 1.807) is 6.07 Å². The smallest absolute Gasteiger partial charge is 0.138 e. The second kappa shape index (κ2) is 5.47. The van der Waals surface area contributed by atoms with Crippen LogP contribution in [0.3, 0.4) is 0 Å². The van der Waals surface area contributed by atoms with Crippen molar-refractivity contribution >= 4 is 0 Å². The Labute approximate surface area is 103 Å². The molecule has 0 amide bonds. The van der Waals surface area contributed by atoms with E-state index in [0.717, 1.165) is 17.9 Å². The van der Waals surface area contributed by atoms with Gasteiger partial charge in [0.15, 0.2) is 0 Å². The molecule has 0 radical (unpaired) electrons. The summed E-state index contributed by atoms with van der Waals surface area (Å²) in [7, 11) is 2.15. The maximum atomic E-state index is 9.70. The molecule has 0 aliphatic carbocycles. The molecule has 1 atom stereocenters. The summed E-state index contributed by atoms with van der Waals surface area (Å²) in [6.07, 6.45) is 2.44. The Kier molecular flexibility index (Phi) is 3.97. The summed E-state index contributed by atoms with van der Waals surface area (Å²) >= 11 is 0. The van der Waals surface area contributed by atoms with Crippen molar-refractivity contribution in [2.45, 2.75) is 32.4 Å². The lowest BCUT2D eigenvalue weighted by atomic mass is 10.1. The molecule has 2 rings (SSSR count). The molecule has 2 N–H and O–H groups in total. The fraction of sp³-hybridized carbons (Fsp3) is 0.615. The van der Waals surface area contributed by atoms with Crippen molar-refractivity contribution in [3.63, 3.8) is 0 Å². The van der Waals surface area contributed by atoms with E-state index in [9.17, 15) is 5.11 Å². The number of hydrogen-bond donors (Lipinski definition) is 2. The molecule has 1 aliphatic heterocycles. The molecule has 17 heavy (non-hydrogen) atoms. The predicted octanol–water partition coefficient (Wildman–Crippen LogP) is 1.28. The highest BCUT2D eigenvalue weighted by Gasteiger charge is 2.16. The normalized spacial score (nSPS) is 21.6. The number of aryl methyl sites for hydroxylation is 1. The monoisotopic (exact) mass is 235 g/mol. The number of pyridine rings is 1. The lowest BCUT2D eigenvalue weighted by Gasteiger charge is -2.30. The third-order valence-electron chi connectivity index (χ3n) is 3.27. The van der Waals surface area contributed by atoms with Crippen molar-refractivity contribution in [1.82, 2.24) is 15.2 Å². The first-order valence-corrected chi connectivity index (χ1v) is 6.22. The van der Waals surface area contributed by atoms with Gasteiger partial charge in [0, 0.05) is 24.8 Å². The van der Waals surface area contributed by atoms with Crippen molar-refractivity contribution in [2.24, 2.45) is 0 Å². The topological polar surface area (TPSA) is 48.4 Å². The lowest BCUT2D eigenvalue weighted by molar-refractivity contribution is 0.226. The summed E-state index contributed by atoms with van der Waals surface area (Å²) in [6.45, 7) is 4.85. The average molecular weight is 235 g/mol. The van der Waals surface area contributed by atoms with Gasteiger partial charge in [-0.3, -0.25) is 4.98 Å². The van der Waals surface area contributed by atoms with Crippen LogP contribution in [0.4, 0.5) is 0 Å². The third-order valence-corrected chi connectivity index (χ3v) is 3.27. The van der Waals surface area contributed by atoms with Crippen molar-refractivity contribution in [3.05, 3.63) is 23.5 Å². The second-order valence-electron chi connectivity index (χ2n) is 4.90. The summed E-state index contributed by atoms with van der Waals surface area (Å²) in [4.78, 5) is 6.69. The predicted molar refractivity (Wildman–Crippen MR) is 68.0 cm³/mol. The van der Waals surface area contributed by atoms with Gasteiger partial charge in [-0.05, 0) is 45.5 Å². The summed E-state index contributed by atoms with van der Waals surface area (Å²) in [5.41, 5.74) is 1.69. The van der Waals surface area contributed by atoms with E-state index in [-0.39, 0.29) is 5.75 Å². The highest BCUT2D eigenvalue weighted by molar-refractivity contribution is 5.27. The Balaban J connectivity index is 1.90. The largest absolute Gasteiger partial charge is 0.506 e. The number of likely N-dealkylation sites (tertiary alicyclic amines) is 1. The van der Waals surface area contributed by atoms with Crippen LogP contribution in [0.5, 0.6) is 5.75 Å². The van der Waals surface area contributed by atoms with Crippen LogP contribution in [0.15, 0.2) is 12.1 Å². The molecule has 4 heteroatoms. The van der Waals surface area contributed by atoms with E-state index in [2.05, 4.69) is 22.2 Å². The summed E-state index contributed by atoms with van der Waals surface area (Å²) < 4.78 is 0. The van der Waals surface area contributed by atoms with E-state index < -0.39 is 0 Å². The minimum atomic E-state index is 0.285. The molecule has 1 fully saturated rings. The number of aromatic hydroxyl groups is 1. The first-order chi connectivity index (χ1) is 8.15. The van der Waals surface area contributed by atoms with Gasteiger partial charge < -0.3 is 15.3 Å². The first kappa shape index (κ1) is 12.3. The SMILES string of the molecule is Cc1ccc(O)c(CNC2CCCN(C)C2)n1. The van der Waals surface area contributed by atoms with E-state index in [4.69, 9.17) is 0 Å². The Morgan fingerprint density at radius 3 is 3.12 bits per heavy atom. The van der Waals surface area contributed by atoms with Gasteiger partial charge in [-0.2, -0.15) is 0 Å². The number of nitrogens with one attached hydrogen (secondary N) is 1. The molecule has 4 nitrogen and oxygen atoms in total. The van der Waals surface area contributed by atoms with Crippen LogP contribution in [-0.2, 0) is 6.54 Å². The molecule has 0 spiro atoms. The first-order valence-electron chi connectivity index (χ1n) is 6.22. The number of nitrogens with zero attached hydrogens (tertiary/aromatic N) is 2. The number of likely N-dealkylation sites (N-methyl/N-ethyl adjacent to an activating group) is 1. The van der Waals surface area contributed by atoms with Gasteiger partial charge in [-0.15, -0.1) is 0 Å². The van der Waals surface area contributed by atoms with Crippen molar-refractivity contribution < 1.29 is 5.11 Å². The van der Waals surface area contributed by atoms with Crippen LogP contribution >= 0.6 is 0 Å². The maximum Gasteiger partial charge on any atom is 0.138 e. The molecular weight excluding hydrogens is 214 g/mol. The van der Waals surface area contributed by atoms with Crippen molar-refractivity contribution in [1.29, 1.82) is 0 Å². The van der Waals surface area contributed by atoms with Gasteiger partial charge in [-0.25, -0.2) is 0 Å². The highest BCUT2D eigenvalue weighted by atomic mass is 16.3. The summed E-state index contributed by atoms with van der Waals surface area (Å²) in [5, 5.41) is 13.2. The third kappa shape index (κ3) is 3.41. The fourth-order valence-electron chi connectivity index (χ4n) is 2.31. The standard InChI is InChI=1S/C13H21N3O/c1-10-5-6-13(17)12(15-10)8-14-11-4-3-7-16(2)9-11/h5-6,11,14,17H,3-4,7-9H2,1-2H3. The van der Waals surface area contributed by atoms with Crippen LogP contribution in [0.1, 0.15) is 24.2 Å². The number of piperidine rings is 1. The zero-order valence-electron chi connectivity index (χ0n) is 10.6. The minimum absolute atomic E-state index is 0.285. The van der Waals surface area contributed by atoms with Crippen molar-refractivity contribution in [3.8, 4) is 5.75 Å². The van der Waals surface area contributed by atoms with Gasteiger partial charge in [-0.1, -0.05) is 0 Å². The molecule has 0 aromatic carbocycles. The Hall–Kier alpha value is -1.13. The lowest BCUT2D eigenvalue weighted by Crippen LogP contribution is -2.43. The van der Waals surface area contributed by atoms with E-state index in [1.807, 2.05) is 13.0 Å². The van der Waals surface area contributed by atoms with Crippen LogP contribution in [0, 0.1) is 6.92 Å². The molecule has 1 unspecified atom stereocenters. The van der Waals surface area contributed by atoms with E-state index in [1.165, 1.54) is 19.4 Å². The summed E-state index contributed by atoms with van der Waals surface area (Å²) in [6, 6.07) is 4.05. The van der Waals surface area contributed by atoms with E-state index in [0.29, 0.717) is 12.6 Å². The molecular formula is C13H21N3O. The van der Waals surface area contributed by atoms with E-state index >= 15 is 0 Å². The Morgan fingerprint density at radius 2 is 2.35 bits per heavy atom. The maximum absolute atomic E-state index is 9.70. The van der Waals surface area contributed by atoms with Crippen LogP contribution in [0.25, 0.3) is 0 Å². The minimum Gasteiger partial charge on any atom is -0.506 e. The van der Waals surface area contributed by atoms with Gasteiger partial charge >= 0.3 is 0 Å². The average Bonchev–Trinajstić information content (AvgIpc) is 2.30. The molecule has 0 bridgehead atoms. The molecule has 94 valence electrons. The number of rotatable bonds is 3. The van der Waals surface area contributed by atoms with Crippen LogP contribution < -0.4 is 5.32 Å². The zero-order valence-corrected chi connectivity index (χ0v) is 10.6. The second-order valence-corrected chi connectivity index (χ2v) is 4.90. The number of aromatic nitrogens is 1. The van der Waals surface area contributed by atoms with Gasteiger partial charge in [0.25, 0.3) is 0 Å². The van der Waals surface area contributed by atoms with Crippen LogP contribution in [-0.4, -0.2) is 41.2 Å². The zero-order chi connectivity index (χ0) is 12.3. The summed E-state index contributed by atoms with van der Waals surface area (Å²) in [5.74, 6) is 0.285. The number of hydrogen-bond acceptors (Lipinski definition) is 4. The molecule has 1 aliphatic rings. The Bertz CT molecular complexity index is 381. The van der Waals surface area contributed by atoms with Crippen LogP contribution in [0.2, 0.25) is 0 Å². The molecule has 0 saturated carbocycles. The van der Waals surface area contributed by atoms with Gasteiger partial charge in [0.1, 0.15) is 5.75 Å². The van der Waals surface area contributed by atoms with Gasteiger partial charge in [0.2, 0.25) is 0 Å². The molecule has 2 heterocycles.